The number of unbranched alkanes of at least 4 members (excludes halogenated alkanes) is 9. The lowest BCUT2D eigenvalue weighted by molar-refractivity contribution is -0.870. The van der Waals surface area contributed by atoms with Crippen molar-refractivity contribution >= 4 is 13.8 Å². The summed E-state index contributed by atoms with van der Waals surface area (Å²) < 4.78 is 34.7. The number of quaternary nitrogens is 1. The predicted molar refractivity (Wildman–Crippen MR) is 215 cm³/mol. The van der Waals surface area contributed by atoms with E-state index in [1.165, 1.54) is 25.7 Å². The zero-order valence-corrected chi connectivity index (χ0v) is 34.0. The Kier molecular flexibility index (Phi) is 33.6. The van der Waals surface area contributed by atoms with E-state index < -0.39 is 13.9 Å². The number of likely N-dealkylation sites (N-methyl/N-ethyl adjacent to an activating group) is 1. The van der Waals surface area contributed by atoms with Gasteiger partial charge >= 0.3 is 13.8 Å². The molecule has 0 aromatic carbocycles. The maximum absolute atomic E-state index is 12.5. The smallest absolute Gasteiger partial charge is 0.457 e. The number of esters is 1. The zero-order chi connectivity index (χ0) is 37.7. The highest BCUT2D eigenvalue weighted by Gasteiger charge is 2.26. The van der Waals surface area contributed by atoms with Crippen LogP contribution in [-0.2, 0) is 27.9 Å². The van der Waals surface area contributed by atoms with Crippen molar-refractivity contribution < 1.29 is 37.3 Å². The van der Waals surface area contributed by atoms with Crippen LogP contribution in [0.1, 0.15) is 129 Å². The van der Waals surface area contributed by atoms with Crippen LogP contribution in [-0.4, -0.2) is 75.6 Å². The largest absolute Gasteiger partial charge is 0.472 e. The summed E-state index contributed by atoms with van der Waals surface area (Å²) >= 11 is 0. The topological polar surface area (TPSA) is 91.3 Å². The molecule has 0 saturated carbocycles. The number of rotatable bonds is 35. The van der Waals surface area contributed by atoms with Crippen LogP contribution in [0.2, 0.25) is 0 Å². The van der Waals surface area contributed by atoms with Gasteiger partial charge in [0.05, 0.1) is 34.4 Å². The molecule has 0 aliphatic carbocycles. The van der Waals surface area contributed by atoms with Crippen LogP contribution >= 0.6 is 7.82 Å². The third kappa shape index (κ3) is 39.0. The molecule has 0 aromatic rings. The van der Waals surface area contributed by atoms with Gasteiger partial charge < -0.3 is 18.9 Å². The second kappa shape index (κ2) is 35.0. The third-order valence-corrected chi connectivity index (χ3v) is 8.77. The van der Waals surface area contributed by atoms with Gasteiger partial charge in [-0.3, -0.25) is 13.8 Å². The summed E-state index contributed by atoms with van der Waals surface area (Å²) in [7, 11) is 1.63. The normalized spacial score (nSPS) is 14.7. The van der Waals surface area contributed by atoms with Crippen molar-refractivity contribution in [1.82, 2.24) is 0 Å². The molecule has 0 aliphatic heterocycles. The van der Waals surface area contributed by atoms with Crippen LogP contribution in [0.5, 0.6) is 0 Å². The van der Waals surface area contributed by atoms with Crippen molar-refractivity contribution in [3.8, 4) is 0 Å². The Bertz CT molecular complexity index is 1040. The molecule has 0 amide bonds. The molecule has 0 rings (SSSR count). The summed E-state index contributed by atoms with van der Waals surface area (Å²) in [5, 5.41) is 0. The number of carbonyl (C=O) groups is 1. The van der Waals surface area contributed by atoms with Crippen molar-refractivity contribution in [2.75, 3.05) is 54.1 Å². The Morgan fingerprint density at radius 3 is 1.69 bits per heavy atom. The molecule has 8 nitrogen and oxygen atoms in total. The maximum atomic E-state index is 12.5. The minimum Gasteiger partial charge on any atom is -0.457 e. The van der Waals surface area contributed by atoms with Gasteiger partial charge in [0.1, 0.15) is 19.3 Å². The number of ether oxygens (including phenoxy) is 2. The van der Waals surface area contributed by atoms with Gasteiger partial charge in [-0.15, -0.1) is 0 Å². The number of phosphoric acid groups is 1. The minimum absolute atomic E-state index is 0.0784. The number of carbonyl (C=O) groups excluding carboxylic acids is 1. The van der Waals surface area contributed by atoms with Gasteiger partial charge in [-0.25, -0.2) is 4.57 Å². The molecule has 2 unspecified atom stereocenters. The number of nitrogens with zero attached hydrogens (tertiary/aromatic N) is 1. The zero-order valence-electron chi connectivity index (χ0n) is 33.1. The Morgan fingerprint density at radius 1 is 0.627 bits per heavy atom. The van der Waals surface area contributed by atoms with E-state index in [4.69, 9.17) is 18.5 Å². The van der Waals surface area contributed by atoms with Crippen LogP contribution in [0.15, 0.2) is 72.9 Å². The molecule has 294 valence electrons. The molecule has 0 bridgehead atoms. The van der Waals surface area contributed by atoms with Gasteiger partial charge in [-0.05, 0) is 64.2 Å². The second-order valence-electron chi connectivity index (χ2n) is 13.9. The van der Waals surface area contributed by atoms with E-state index in [9.17, 15) is 14.3 Å². The van der Waals surface area contributed by atoms with Gasteiger partial charge in [-0.1, -0.05) is 132 Å². The lowest BCUT2D eigenvalue weighted by atomic mass is 10.1. The highest BCUT2D eigenvalue weighted by atomic mass is 31.2. The lowest BCUT2D eigenvalue weighted by Crippen LogP contribution is -2.37. The molecule has 51 heavy (non-hydrogen) atoms. The number of phosphoric ester groups is 1. The molecule has 2 atom stereocenters. The highest BCUT2D eigenvalue weighted by Crippen LogP contribution is 2.43. The van der Waals surface area contributed by atoms with Gasteiger partial charge in [0, 0.05) is 13.0 Å². The summed E-state index contributed by atoms with van der Waals surface area (Å²) in [4.78, 5) is 22.6. The fourth-order valence-corrected chi connectivity index (χ4v) is 5.47. The third-order valence-electron chi connectivity index (χ3n) is 7.78. The maximum Gasteiger partial charge on any atom is 0.472 e. The highest BCUT2D eigenvalue weighted by molar-refractivity contribution is 7.47. The van der Waals surface area contributed by atoms with E-state index in [1.807, 2.05) is 21.1 Å². The van der Waals surface area contributed by atoms with E-state index in [2.05, 4.69) is 86.8 Å². The molecule has 0 heterocycles. The quantitative estimate of drug-likeness (QED) is 0.0228. The average molecular weight is 737 g/mol. The Morgan fingerprint density at radius 2 is 1.14 bits per heavy atom. The van der Waals surface area contributed by atoms with Gasteiger partial charge in [0.2, 0.25) is 0 Å². The van der Waals surface area contributed by atoms with Crippen molar-refractivity contribution in [1.29, 1.82) is 0 Å². The van der Waals surface area contributed by atoms with Crippen molar-refractivity contribution in [3.63, 3.8) is 0 Å². The molecule has 0 saturated heterocycles. The summed E-state index contributed by atoms with van der Waals surface area (Å²) in [6.07, 6.45) is 43.8. The van der Waals surface area contributed by atoms with Crippen molar-refractivity contribution in [3.05, 3.63) is 72.9 Å². The van der Waals surface area contributed by atoms with Crippen LogP contribution in [0, 0.1) is 0 Å². The molecule has 1 N–H and O–H groups in total. The fraction of sp³-hybridized carbons (Fsp3) is 0.690. The SMILES string of the molecule is CC/C=C\C/C=C\C/C=C\C/C=C\C/C=C\C/C=C\CCCCCOCC(COP(=O)(O)OCC[N+](C)(C)C)OC(=O)CCCCCCCCC. The number of hydrogen-bond donors (Lipinski definition) is 1. The van der Waals surface area contributed by atoms with Crippen LogP contribution in [0.4, 0.5) is 0 Å². The van der Waals surface area contributed by atoms with E-state index in [1.54, 1.807) is 0 Å². The Labute approximate surface area is 312 Å². The first-order chi connectivity index (χ1) is 24.6. The van der Waals surface area contributed by atoms with Gasteiger partial charge in [-0.2, -0.15) is 0 Å². The van der Waals surface area contributed by atoms with E-state index in [0.29, 0.717) is 24.1 Å². The molecule has 9 heteroatoms. The standard InChI is InChI=1S/C42H74NO7P/c1-6-8-10-12-14-15-16-17-18-19-20-21-22-23-24-25-26-27-28-30-32-34-37-47-39-41(40-49-51(45,46)48-38-36-43(3,4)5)50-42(44)35-33-31-29-13-11-9-7-2/h8,10,14-15,17-18,20-21,23-24,26-27,41H,6-7,9,11-13,16,19,22,25,28-40H2,1-5H3/p+1/b10-8-,15-14-,18-17-,21-20-,24-23-,27-26-. The lowest BCUT2D eigenvalue weighted by Gasteiger charge is -2.24. The first-order valence-electron chi connectivity index (χ1n) is 19.7. The van der Waals surface area contributed by atoms with E-state index in [0.717, 1.165) is 83.5 Å². The molecule has 0 aromatic heterocycles. The van der Waals surface area contributed by atoms with E-state index in [-0.39, 0.29) is 25.8 Å². The fourth-order valence-electron chi connectivity index (χ4n) is 4.73. The van der Waals surface area contributed by atoms with Crippen molar-refractivity contribution in [2.45, 2.75) is 136 Å². The average Bonchev–Trinajstić information content (AvgIpc) is 3.08. The number of allylic oxidation sites excluding steroid dienone is 12. The minimum atomic E-state index is -4.27. The van der Waals surface area contributed by atoms with E-state index >= 15 is 0 Å². The van der Waals surface area contributed by atoms with Gasteiger partial charge in [0.15, 0.2) is 0 Å². The Balaban J connectivity index is 4.25. The summed E-state index contributed by atoms with van der Waals surface area (Å²) in [5.41, 5.74) is 0. The first-order valence-corrected chi connectivity index (χ1v) is 21.2. The van der Waals surface area contributed by atoms with Crippen molar-refractivity contribution in [2.24, 2.45) is 0 Å². The predicted octanol–water partition coefficient (Wildman–Crippen LogP) is 11.2. The molecular formula is C42H75NO7P+. The molecule has 0 spiro atoms. The summed E-state index contributed by atoms with van der Waals surface area (Å²) in [6, 6.07) is 0. The van der Waals surface area contributed by atoms with Crippen LogP contribution < -0.4 is 0 Å². The molecule has 0 aliphatic rings. The molecular weight excluding hydrogens is 661 g/mol. The summed E-state index contributed by atoms with van der Waals surface area (Å²) in [5.74, 6) is -0.337. The monoisotopic (exact) mass is 737 g/mol. The summed E-state index contributed by atoms with van der Waals surface area (Å²) in [6.45, 7) is 5.34. The van der Waals surface area contributed by atoms with Crippen LogP contribution in [0.25, 0.3) is 0 Å². The first kappa shape index (κ1) is 48.9. The second-order valence-corrected chi connectivity index (χ2v) is 15.4. The molecule has 0 fully saturated rings. The van der Waals surface area contributed by atoms with Crippen LogP contribution in [0.3, 0.4) is 0 Å². The van der Waals surface area contributed by atoms with Gasteiger partial charge in [0.25, 0.3) is 0 Å². The number of hydrogen-bond acceptors (Lipinski definition) is 6. The Hall–Kier alpha value is -2.06. The molecule has 0 radical (unpaired) electrons.